The second-order valence-electron chi connectivity index (χ2n) is 6.13. The number of benzene rings is 2. The van der Waals surface area contributed by atoms with Gasteiger partial charge in [-0.3, -0.25) is 0 Å². The fourth-order valence-electron chi connectivity index (χ4n) is 2.62. The van der Waals surface area contributed by atoms with E-state index >= 15 is 0 Å². The van der Waals surface area contributed by atoms with Crippen molar-refractivity contribution in [3.8, 4) is 5.69 Å². The van der Waals surface area contributed by atoms with Gasteiger partial charge < -0.3 is 15.5 Å². The highest BCUT2D eigenvalue weighted by Gasteiger charge is 2.11. The van der Waals surface area contributed by atoms with E-state index in [4.69, 9.17) is 0 Å². The van der Waals surface area contributed by atoms with Crippen LogP contribution in [0.15, 0.2) is 73.1 Å². The standard InChI is InChI=1S/C20H23N5O/c1-16(24(2)18-9-4-3-5-10-18)15-21-20(26)23-17-8-6-11-19(14-17)25-13-7-12-22-25/h3-14,16H,15H2,1-2H3,(H2,21,23,26)/t16-/m0/s1. The van der Waals surface area contributed by atoms with Crippen LogP contribution in [0.1, 0.15) is 6.92 Å². The zero-order valence-electron chi connectivity index (χ0n) is 15.0. The minimum Gasteiger partial charge on any atom is -0.370 e. The van der Waals surface area contributed by atoms with E-state index in [2.05, 4.69) is 39.7 Å². The number of nitrogens with one attached hydrogen (secondary N) is 2. The summed E-state index contributed by atoms with van der Waals surface area (Å²) in [4.78, 5) is 14.3. The van der Waals surface area contributed by atoms with Gasteiger partial charge in [-0.05, 0) is 43.3 Å². The van der Waals surface area contributed by atoms with Crippen LogP contribution in [0, 0.1) is 0 Å². The molecule has 6 heteroatoms. The summed E-state index contributed by atoms with van der Waals surface area (Å²) in [6.45, 7) is 2.61. The minimum absolute atomic E-state index is 0.165. The molecule has 0 aliphatic rings. The Morgan fingerprint density at radius 2 is 1.96 bits per heavy atom. The molecule has 1 aromatic heterocycles. The van der Waals surface area contributed by atoms with Gasteiger partial charge in [0, 0.05) is 43.4 Å². The average molecular weight is 349 g/mol. The molecule has 0 spiro atoms. The molecule has 134 valence electrons. The first kappa shape index (κ1) is 17.5. The number of amides is 2. The van der Waals surface area contributed by atoms with Gasteiger partial charge in [-0.15, -0.1) is 0 Å². The second kappa shape index (κ2) is 8.20. The van der Waals surface area contributed by atoms with Gasteiger partial charge in [0.1, 0.15) is 0 Å². The Bertz CT molecular complexity index is 832. The number of carbonyl (C=O) groups is 1. The van der Waals surface area contributed by atoms with Crippen LogP contribution in [-0.2, 0) is 0 Å². The number of hydrogen-bond donors (Lipinski definition) is 2. The molecule has 6 nitrogen and oxygen atoms in total. The molecule has 0 saturated carbocycles. The molecule has 0 aliphatic carbocycles. The van der Waals surface area contributed by atoms with E-state index < -0.39 is 0 Å². The Kier molecular flexibility index (Phi) is 5.53. The van der Waals surface area contributed by atoms with Gasteiger partial charge in [-0.2, -0.15) is 5.10 Å². The monoisotopic (exact) mass is 349 g/mol. The first-order valence-corrected chi connectivity index (χ1v) is 8.56. The van der Waals surface area contributed by atoms with E-state index in [-0.39, 0.29) is 12.1 Å². The third kappa shape index (κ3) is 4.42. The number of carbonyl (C=O) groups excluding carboxylic acids is 1. The Morgan fingerprint density at radius 3 is 2.69 bits per heavy atom. The molecule has 0 fully saturated rings. The van der Waals surface area contributed by atoms with Gasteiger partial charge in [0.15, 0.2) is 0 Å². The molecule has 2 aromatic carbocycles. The predicted octanol–water partition coefficient (Wildman–Crippen LogP) is 3.52. The Hall–Kier alpha value is -3.28. The summed E-state index contributed by atoms with van der Waals surface area (Å²) in [5.74, 6) is 0. The molecule has 3 rings (SSSR count). The van der Waals surface area contributed by atoms with Crippen molar-refractivity contribution in [3.05, 3.63) is 73.1 Å². The molecule has 1 atom stereocenters. The third-order valence-electron chi connectivity index (χ3n) is 4.26. The highest BCUT2D eigenvalue weighted by atomic mass is 16.2. The van der Waals surface area contributed by atoms with Gasteiger partial charge >= 0.3 is 6.03 Å². The average Bonchev–Trinajstić information content (AvgIpc) is 3.21. The fourth-order valence-corrected chi connectivity index (χ4v) is 2.62. The minimum atomic E-state index is -0.226. The largest absolute Gasteiger partial charge is 0.370 e. The number of para-hydroxylation sites is 1. The van der Waals surface area contributed by atoms with E-state index in [0.717, 1.165) is 17.1 Å². The molecule has 0 unspecified atom stereocenters. The van der Waals surface area contributed by atoms with E-state index in [0.29, 0.717) is 6.54 Å². The lowest BCUT2D eigenvalue weighted by atomic mass is 10.2. The summed E-state index contributed by atoms with van der Waals surface area (Å²) in [5.41, 5.74) is 2.73. The number of urea groups is 1. The molecule has 0 bridgehead atoms. The van der Waals surface area contributed by atoms with Crippen molar-refractivity contribution in [2.75, 3.05) is 23.8 Å². The lowest BCUT2D eigenvalue weighted by Gasteiger charge is -2.27. The van der Waals surface area contributed by atoms with Gasteiger partial charge in [0.25, 0.3) is 0 Å². The van der Waals surface area contributed by atoms with E-state index in [1.54, 1.807) is 10.9 Å². The summed E-state index contributed by atoms with van der Waals surface area (Å²) < 4.78 is 1.75. The highest BCUT2D eigenvalue weighted by Crippen LogP contribution is 2.15. The van der Waals surface area contributed by atoms with Gasteiger partial charge in [0.05, 0.1) is 5.69 Å². The molecule has 0 aliphatic heterocycles. The van der Waals surface area contributed by atoms with Crippen molar-refractivity contribution in [3.63, 3.8) is 0 Å². The highest BCUT2D eigenvalue weighted by molar-refractivity contribution is 5.89. The molecular formula is C20H23N5O. The van der Waals surface area contributed by atoms with Gasteiger partial charge in [-0.1, -0.05) is 24.3 Å². The lowest BCUT2D eigenvalue weighted by Crippen LogP contribution is -2.41. The van der Waals surface area contributed by atoms with Crippen LogP contribution in [0.2, 0.25) is 0 Å². The molecular weight excluding hydrogens is 326 g/mol. The molecule has 0 saturated heterocycles. The van der Waals surface area contributed by atoms with Crippen LogP contribution < -0.4 is 15.5 Å². The van der Waals surface area contributed by atoms with Gasteiger partial charge in [0.2, 0.25) is 0 Å². The van der Waals surface area contributed by atoms with Crippen LogP contribution in [0.25, 0.3) is 5.69 Å². The maximum absolute atomic E-state index is 12.2. The smallest absolute Gasteiger partial charge is 0.319 e. The molecule has 26 heavy (non-hydrogen) atoms. The predicted molar refractivity (Wildman–Crippen MR) is 105 cm³/mol. The summed E-state index contributed by atoms with van der Waals surface area (Å²) in [6.07, 6.45) is 3.58. The zero-order valence-corrected chi connectivity index (χ0v) is 15.0. The number of rotatable bonds is 6. The van der Waals surface area contributed by atoms with Crippen molar-refractivity contribution in [1.29, 1.82) is 0 Å². The van der Waals surface area contributed by atoms with Crippen molar-refractivity contribution in [2.45, 2.75) is 13.0 Å². The maximum Gasteiger partial charge on any atom is 0.319 e. The second-order valence-corrected chi connectivity index (χ2v) is 6.13. The summed E-state index contributed by atoms with van der Waals surface area (Å²) in [6, 6.07) is 19.5. The van der Waals surface area contributed by atoms with Crippen LogP contribution in [0.4, 0.5) is 16.2 Å². The number of hydrogen-bond acceptors (Lipinski definition) is 3. The molecule has 1 heterocycles. The Labute approximate surface area is 153 Å². The fraction of sp³-hybridized carbons (Fsp3) is 0.200. The molecule has 2 N–H and O–H groups in total. The number of nitrogens with zero attached hydrogens (tertiary/aromatic N) is 3. The third-order valence-corrected chi connectivity index (χ3v) is 4.26. The van der Waals surface area contributed by atoms with Crippen LogP contribution in [-0.4, -0.2) is 35.4 Å². The van der Waals surface area contributed by atoms with E-state index in [1.807, 2.05) is 61.8 Å². The number of anilines is 2. The van der Waals surface area contributed by atoms with Crippen LogP contribution in [0.3, 0.4) is 0 Å². The quantitative estimate of drug-likeness (QED) is 0.716. The van der Waals surface area contributed by atoms with Gasteiger partial charge in [-0.25, -0.2) is 9.48 Å². The topological polar surface area (TPSA) is 62.2 Å². The summed E-state index contributed by atoms with van der Waals surface area (Å²) in [7, 11) is 2.02. The Balaban J connectivity index is 1.54. The first-order chi connectivity index (χ1) is 12.6. The number of likely N-dealkylation sites (N-methyl/N-ethyl adjacent to an activating group) is 1. The van der Waals surface area contributed by atoms with E-state index in [1.165, 1.54) is 0 Å². The molecule has 0 radical (unpaired) electrons. The SMILES string of the molecule is C[C@@H](CNC(=O)Nc1cccc(-n2cccn2)c1)N(C)c1ccccc1. The first-order valence-electron chi connectivity index (χ1n) is 8.56. The Morgan fingerprint density at radius 1 is 1.15 bits per heavy atom. The van der Waals surface area contributed by atoms with Crippen molar-refractivity contribution >= 4 is 17.4 Å². The van der Waals surface area contributed by atoms with Crippen LogP contribution in [0.5, 0.6) is 0 Å². The lowest BCUT2D eigenvalue weighted by molar-refractivity contribution is 0.251. The van der Waals surface area contributed by atoms with E-state index in [9.17, 15) is 4.79 Å². The van der Waals surface area contributed by atoms with Crippen molar-refractivity contribution in [1.82, 2.24) is 15.1 Å². The van der Waals surface area contributed by atoms with Crippen molar-refractivity contribution < 1.29 is 4.79 Å². The van der Waals surface area contributed by atoms with Crippen LogP contribution >= 0.6 is 0 Å². The summed E-state index contributed by atoms with van der Waals surface area (Å²) in [5, 5.41) is 9.99. The number of aromatic nitrogens is 2. The molecule has 2 amide bonds. The normalized spacial score (nSPS) is 11.6. The molecule has 3 aromatic rings. The summed E-state index contributed by atoms with van der Waals surface area (Å²) >= 11 is 0. The van der Waals surface area contributed by atoms with Crippen molar-refractivity contribution in [2.24, 2.45) is 0 Å². The maximum atomic E-state index is 12.2. The zero-order chi connectivity index (χ0) is 18.4.